The van der Waals surface area contributed by atoms with Crippen molar-refractivity contribution in [2.45, 2.75) is 6.42 Å². The van der Waals surface area contributed by atoms with Gasteiger partial charge < -0.3 is 10.6 Å². The number of nitro benzene ring substituents is 1. The standard InChI is InChI=1S/C12H14FN3O3/c13-9-1-2-10(11(5-9)16(18)19)12(17)15-7-8-3-4-14-6-8/h1-2,5,8,14H,3-4,6-7H2,(H,15,17)/t8-/m0/s1. The lowest BCUT2D eigenvalue weighted by atomic mass is 10.1. The summed E-state index contributed by atoms with van der Waals surface area (Å²) in [5, 5.41) is 16.6. The minimum absolute atomic E-state index is 0.114. The van der Waals surface area contributed by atoms with Crippen molar-refractivity contribution < 1.29 is 14.1 Å². The average Bonchev–Trinajstić information content (AvgIpc) is 2.88. The zero-order valence-corrected chi connectivity index (χ0v) is 10.2. The van der Waals surface area contributed by atoms with Crippen molar-refractivity contribution in [2.24, 2.45) is 5.92 Å². The maximum Gasteiger partial charge on any atom is 0.285 e. The van der Waals surface area contributed by atoms with Gasteiger partial charge in [0.1, 0.15) is 11.4 Å². The lowest BCUT2D eigenvalue weighted by molar-refractivity contribution is -0.385. The van der Waals surface area contributed by atoms with Crippen LogP contribution in [0.2, 0.25) is 0 Å². The van der Waals surface area contributed by atoms with Crippen molar-refractivity contribution in [3.8, 4) is 0 Å². The number of nitrogens with zero attached hydrogens (tertiary/aromatic N) is 1. The highest BCUT2D eigenvalue weighted by atomic mass is 19.1. The van der Waals surface area contributed by atoms with Gasteiger partial charge in [-0.3, -0.25) is 14.9 Å². The Labute approximate surface area is 109 Å². The molecule has 19 heavy (non-hydrogen) atoms. The third-order valence-corrected chi connectivity index (χ3v) is 3.11. The summed E-state index contributed by atoms with van der Waals surface area (Å²) in [4.78, 5) is 21.9. The van der Waals surface area contributed by atoms with E-state index in [-0.39, 0.29) is 5.56 Å². The second kappa shape index (κ2) is 5.75. The average molecular weight is 267 g/mol. The Balaban J connectivity index is 2.07. The number of rotatable bonds is 4. The van der Waals surface area contributed by atoms with Gasteiger partial charge in [0.25, 0.3) is 11.6 Å². The van der Waals surface area contributed by atoms with Gasteiger partial charge in [0.2, 0.25) is 0 Å². The topological polar surface area (TPSA) is 84.3 Å². The molecule has 2 rings (SSSR count). The van der Waals surface area contributed by atoms with Gasteiger partial charge >= 0.3 is 0 Å². The largest absolute Gasteiger partial charge is 0.351 e. The molecule has 1 saturated heterocycles. The molecule has 0 aliphatic carbocycles. The molecule has 0 bridgehead atoms. The highest BCUT2D eigenvalue weighted by molar-refractivity contribution is 5.98. The van der Waals surface area contributed by atoms with Crippen LogP contribution in [-0.4, -0.2) is 30.5 Å². The molecule has 0 saturated carbocycles. The first-order chi connectivity index (χ1) is 9.08. The molecule has 0 unspecified atom stereocenters. The number of hydrogen-bond acceptors (Lipinski definition) is 4. The van der Waals surface area contributed by atoms with Gasteiger partial charge in [-0.2, -0.15) is 0 Å². The summed E-state index contributed by atoms with van der Waals surface area (Å²) in [5.41, 5.74) is -0.626. The Morgan fingerprint density at radius 2 is 2.37 bits per heavy atom. The van der Waals surface area contributed by atoms with Crippen molar-refractivity contribution in [3.63, 3.8) is 0 Å². The molecule has 1 heterocycles. The van der Waals surface area contributed by atoms with Crippen LogP contribution in [0.1, 0.15) is 16.8 Å². The van der Waals surface area contributed by atoms with Crippen LogP contribution in [0.3, 0.4) is 0 Å². The van der Waals surface area contributed by atoms with E-state index in [1.807, 2.05) is 0 Å². The number of nitro groups is 1. The van der Waals surface area contributed by atoms with Crippen molar-refractivity contribution >= 4 is 11.6 Å². The second-order valence-electron chi connectivity index (χ2n) is 4.49. The maximum atomic E-state index is 13.0. The van der Waals surface area contributed by atoms with Gasteiger partial charge in [0, 0.05) is 6.54 Å². The SMILES string of the molecule is O=C(NC[C@H]1CCNC1)c1ccc(F)cc1[N+](=O)[O-]. The normalized spacial score (nSPS) is 18.3. The maximum absolute atomic E-state index is 13.0. The Morgan fingerprint density at radius 1 is 1.58 bits per heavy atom. The summed E-state index contributed by atoms with van der Waals surface area (Å²) < 4.78 is 13.0. The Hall–Kier alpha value is -2.02. The highest BCUT2D eigenvalue weighted by Gasteiger charge is 2.22. The number of nitrogens with one attached hydrogen (secondary N) is 2. The van der Waals surface area contributed by atoms with Crippen LogP contribution in [0.5, 0.6) is 0 Å². The molecule has 1 aliphatic heterocycles. The molecule has 1 fully saturated rings. The molecule has 7 heteroatoms. The third-order valence-electron chi connectivity index (χ3n) is 3.11. The molecule has 102 valence electrons. The van der Waals surface area contributed by atoms with Crippen LogP contribution in [0, 0.1) is 21.8 Å². The number of carbonyl (C=O) groups is 1. The first-order valence-electron chi connectivity index (χ1n) is 6.01. The zero-order chi connectivity index (χ0) is 13.8. The predicted octanol–water partition coefficient (Wildman–Crippen LogP) is 1.07. The zero-order valence-electron chi connectivity index (χ0n) is 10.2. The molecule has 0 radical (unpaired) electrons. The second-order valence-corrected chi connectivity index (χ2v) is 4.49. The first kappa shape index (κ1) is 13.4. The minimum Gasteiger partial charge on any atom is -0.351 e. The highest BCUT2D eigenvalue weighted by Crippen LogP contribution is 2.19. The minimum atomic E-state index is -0.755. The first-order valence-corrected chi connectivity index (χ1v) is 6.01. The monoisotopic (exact) mass is 267 g/mol. The van der Waals surface area contributed by atoms with Crippen LogP contribution in [0.15, 0.2) is 18.2 Å². The van der Waals surface area contributed by atoms with Crippen LogP contribution in [0.4, 0.5) is 10.1 Å². The molecule has 0 spiro atoms. The molecule has 1 aliphatic rings. The molecule has 6 nitrogen and oxygen atoms in total. The van der Waals surface area contributed by atoms with E-state index in [1.165, 1.54) is 0 Å². The fraction of sp³-hybridized carbons (Fsp3) is 0.417. The molecule has 2 N–H and O–H groups in total. The van der Waals surface area contributed by atoms with Crippen molar-refractivity contribution in [1.29, 1.82) is 0 Å². The molecular formula is C12H14FN3O3. The molecule has 1 amide bonds. The summed E-state index contributed by atoms with van der Waals surface area (Å²) >= 11 is 0. The predicted molar refractivity (Wildman–Crippen MR) is 66.4 cm³/mol. The number of hydrogen-bond donors (Lipinski definition) is 2. The Kier molecular flexibility index (Phi) is 4.06. The summed E-state index contributed by atoms with van der Waals surface area (Å²) in [7, 11) is 0. The number of carbonyl (C=O) groups excluding carboxylic acids is 1. The van der Waals surface area contributed by atoms with Gasteiger partial charge in [-0.25, -0.2) is 4.39 Å². The van der Waals surface area contributed by atoms with Crippen molar-refractivity contribution in [1.82, 2.24) is 10.6 Å². The van der Waals surface area contributed by atoms with Crippen LogP contribution in [-0.2, 0) is 0 Å². The smallest absolute Gasteiger partial charge is 0.285 e. The third kappa shape index (κ3) is 3.25. The van der Waals surface area contributed by atoms with Crippen molar-refractivity contribution in [2.75, 3.05) is 19.6 Å². The van der Waals surface area contributed by atoms with E-state index in [0.29, 0.717) is 12.5 Å². The van der Waals surface area contributed by atoms with Crippen LogP contribution < -0.4 is 10.6 Å². The summed E-state index contributed by atoms with van der Waals surface area (Å²) in [6.07, 6.45) is 0.964. The quantitative estimate of drug-likeness (QED) is 0.631. The van der Waals surface area contributed by atoms with E-state index in [4.69, 9.17) is 0 Å². The van der Waals surface area contributed by atoms with Gasteiger partial charge in [-0.15, -0.1) is 0 Å². The van der Waals surface area contributed by atoms with E-state index in [1.54, 1.807) is 0 Å². The molecule has 1 aromatic rings. The molecular weight excluding hydrogens is 253 g/mol. The van der Waals surface area contributed by atoms with Gasteiger partial charge in [-0.05, 0) is 37.6 Å². The number of amides is 1. The fourth-order valence-electron chi connectivity index (χ4n) is 2.07. The Bertz CT molecular complexity index is 501. The summed E-state index contributed by atoms with van der Waals surface area (Å²) in [6.45, 7) is 2.20. The van der Waals surface area contributed by atoms with Crippen LogP contribution >= 0.6 is 0 Å². The number of halogens is 1. The fourth-order valence-corrected chi connectivity index (χ4v) is 2.07. The van der Waals surface area contributed by atoms with E-state index in [9.17, 15) is 19.3 Å². The molecule has 0 aromatic heterocycles. The van der Waals surface area contributed by atoms with Gasteiger partial charge in [0.05, 0.1) is 11.0 Å². The lowest BCUT2D eigenvalue weighted by Crippen LogP contribution is -2.30. The van der Waals surface area contributed by atoms with E-state index in [2.05, 4.69) is 10.6 Å². The molecule has 1 atom stereocenters. The summed E-state index contributed by atoms with van der Waals surface area (Å²) in [5.74, 6) is -0.940. The van der Waals surface area contributed by atoms with Crippen LogP contribution in [0.25, 0.3) is 0 Å². The van der Waals surface area contributed by atoms with Gasteiger partial charge in [0.15, 0.2) is 0 Å². The lowest BCUT2D eigenvalue weighted by Gasteiger charge is -2.10. The van der Waals surface area contributed by atoms with E-state index < -0.39 is 22.3 Å². The number of benzene rings is 1. The summed E-state index contributed by atoms with van der Waals surface area (Å²) in [6, 6.07) is 2.93. The van der Waals surface area contributed by atoms with E-state index >= 15 is 0 Å². The van der Waals surface area contributed by atoms with Gasteiger partial charge in [-0.1, -0.05) is 0 Å². The molecule has 1 aromatic carbocycles. The Morgan fingerprint density at radius 3 is 3.00 bits per heavy atom. The van der Waals surface area contributed by atoms with E-state index in [0.717, 1.165) is 37.7 Å². The van der Waals surface area contributed by atoms with Crippen molar-refractivity contribution in [3.05, 3.63) is 39.7 Å².